The molecular weight excluding hydrogens is 426 g/mol. The van der Waals surface area contributed by atoms with E-state index in [4.69, 9.17) is 33.3 Å². The van der Waals surface area contributed by atoms with Gasteiger partial charge in [-0.3, -0.25) is 14.3 Å². The van der Waals surface area contributed by atoms with E-state index in [0.29, 0.717) is 22.2 Å². The molecule has 1 aliphatic heterocycles. The van der Waals surface area contributed by atoms with Gasteiger partial charge in [0.2, 0.25) is 5.88 Å². The lowest BCUT2D eigenvalue weighted by Crippen LogP contribution is -2.87. The summed E-state index contributed by atoms with van der Waals surface area (Å²) in [5.41, 5.74) is 2.27. The van der Waals surface area contributed by atoms with Gasteiger partial charge < -0.3 is 19.9 Å². The number of hydrogen-bond acceptors (Lipinski definition) is 5. The van der Waals surface area contributed by atoms with Crippen LogP contribution in [0, 0.1) is 4.77 Å². The Hall–Kier alpha value is -2.81. The van der Waals surface area contributed by atoms with Crippen molar-refractivity contribution in [3.8, 4) is 23.1 Å². The highest BCUT2D eigenvalue weighted by Crippen LogP contribution is 2.36. The van der Waals surface area contributed by atoms with Crippen LogP contribution in [0.5, 0.6) is 17.4 Å². The summed E-state index contributed by atoms with van der Waals surface area (Å²) >= 11 is 11.4. The van der Waals surface area contributed by atoms with Crippen molar-refractivity contribution in [2.75, 3.05) is 20.8 Å². The Morgan fingerprint density at radius 1 is 1.23 bits per heavy atom. The maximum absolute atomic E-state index is 12.9. The molecule has 9 heteroatoms. The SMILES string of the molecule is COc1cc2c(cc1OC)[C@H](c1c(O)n(-c3cccc(Cl)c3)c(=S)[nH]c1=O)[NH2+]CC2. The quantitative estimate of drug-likeness (QED) is 0.535. The first kappa shape index (κ1) is 20.5. The zero-order valence-corrected chi connectivity index (χ0v) is 18.0. The highest BCUT2D eigenvalue weighted by molar-refractivity contribution is 7.71. The number of methoxy groups -OCH3 is 2. The Balaban J connectivity index is 1.94. The van der Waals surface area contributed by atoms with E-state index in [-0.39, 0.29) is 16.2 Å². The van der Waals surface area contributed by atoms with E-state index in [9.17, 15) is 9.90 Å². The molecule has 2 aromatic carbocycles. The molecule has 0 spiro atoms. The van der Waals surface area contributed by atoms with E-state index in [2.05, 4.69) is 4.98 Å². The van der Waals surface area contributed by atoms with Crippen molar-refractivity contribution in [3.05, 3.63) is 73.2 Å². The van der Waals surface area contributed by atoms with E-state index < -0.39 is 11.6 Å². The summed E-state index contributed by atoms with van der Waals surface area (Å²) in [6.07, 6.45) is 0.804. The lowest BCUT2D eigenvalue weighted by atomic mass is 9.90. The number of ether oxygens (including phenoxy) is 2. The van der Waals surface area contributed by atoms with Crippen molar-refractivity contribution in [3.63, 3.8) is 0 Å². The van der Waals surface area contributed by atoms with Gasteiger partial charge in [0.15, 0.2) is 16.3 Å². The van der Waals surface area contributed by atoms with Gasteiger partial charge in [-0.1, -0.05) is 17.7 Å². The van der Waals surface area contributed by atoms with E-state index in [0.717, 1.165) is 24.1 Å². The predicted molar refractivity (Wildman–Crippen MR) is 116 cm³/mol. The molecule has 0 saturated heterocycles. The summed E-state index contributed by atoms with van der Waals surface area (Å²) in [5, 5.41) is 13.7. The summed E-state index contributed by atoms with van der Waals surface area (Å²) in [7, 11) is 3.15. The maximum Gasteiger partial charge on any atom is 0.265 e. The van der Waals surface area contributed by atoms with E-state index in [1.54, 1.807) is 38.5 Å². The third-order valence-electron chi connectivity index (χ3n) is 5.29. The minimum atomic E-state index is -0.432. The predicted octanol–water partition coefficient (Wildman–Crippen LogP) is 2.48. The standard InChI is InChI=1S/C21H20ClN3O4S/c1-28-15-8-11-6-7-23-18(14(11)10-16(15)29-2)17-19(26)24-21(30)25(20(17)27)13-5-3-4-12(22)9-13/h3-5,8-10,18,23,27H,6-7H2,1-2H3,(H,24,26,30)/p+1/t18-/m1/s1. The van der Waals surface area contributed by atoms with Crippen LogP contribution in [-0.4, -0.2) is 35.4 Å². The molecule has 0 bridgehead atoms. The number of nitrogens with zero attached hydrogens (tertiary/aromatic N) is 1. The van der Waals surface area contributed by atoms with Crippen molar-refractivity contribution in [1.29, 1.82) is 0 Å². The Labute approximate surface area is 182 Å². The van der Waals surface area contributed by atoms with Crippen molar-refractivity contribution in [2.24, 2.45) is 0 Å². The van der Waals surface area contributed by atoms with Crippen LogP contribution < -0.4 is 20.3 Å². The molecule has 1 aliphatic rings. The summed E-state index contributed by atoms with van der Waals surface area (Å²) in [5.74, 6) is 0.981. The molecule has 0 saturated carbocycles. The number of hydrogen-bond donors (Lipinski definition) is 3. The van der Waals surface area contributed by atoms with Crippen LogP contribution in [0.2, 0.25) is 5.02 Å². The van der Waals surface area contributed by atoms with E-state index >= 15 is 0 Å². The minimum Gasteiger partial charge on any atom is -0.494 e. The second-order valence-corrected chi connectivity index (χ2v) is 7.79. The molecular formula is C21H21ClN3O4S+. The first-order valence-corrected chi connectivity index (χ1v) is 10.2. The van der Waals surface area contributed by atoms with Gasteiger partial charge in [0.05, 0.1) is 26.5 Å². The average Bonchev–Trinajstić information content (AvgIpc) is 2.72. The Morgan fingerprint density at radius 2 is 1.97 bits per heavy atom. The van der Waals surface area contributed by atoms with Crippen LogP contribution in [0.4, 0.5) is 0 Å². The number of aromatic hydroxyl groups is 1. The summed E-state index contributed by atoms with van der Waals surface area (Å²) in [6, 6.07) is 10.3. The van der Waals surface area contributed by atoms with Gasteiger partial charge in [0, 0.05) is 17.0 Å². The van der Waals surface area contributed by atoms with Crippen LogP contribution in [0.3, 0.4) is 0 Å². The van der Waals surface area contributed by atoms with Gasteiger partial charge in [-0.25, -0.2) is 0 Å². The molecule has 3 aromatic rings. The third kappa shape index (κ3) is 3.47. The third-order valence-corrected chi connectivity index (χ3v) is 5.81. The smallest absolute Gasteiger partial charge is 0.265 e. The van der Waals surface area contributed by atoms with E-state index in [1.807, 2.05) is 17.4 Å². The summed E-state index contributed by atoms with van der Waals surface area (Å²) < 4.78 is 12.4. The molecule has 0 fully saturated rings. The molecule has 7 nitrogen and oxygen atoms in total. The van der Waals surface area contributed by atoms with Crippen molar-refractivity contribution in [2.45, 2.75) is 12.5 Å². The van der Waals surface area contributed by atoms with Gasteiger partial charge in [-0.05, 0) is 48.1 Å². The number of aromatic nitrogens is 2. The molecule has 4 N–H and O–H groups in total. The van der Waals surface area contributed by atoms with Crippen LogP contribution in [0.1, 0.15) is 22.7 Å². The molecule has 0 aliphatic carbocycles. The zero-order chi connectivity index (χ0) is 21.4. The molecule has 0 amide bonds. The van der Waals surface area contributed by atoms with Crippen LogP contribution in [0.25, 0.3) is 5.69 Å². The van der Waals surface area contributed by atoms with Gasteiger partial charge in [0.1, 0.15) is 11.6 Å². The fourth-order valence-electron chi connectivity index (χ4n) is 3.92. The van der Waals surface area contributed by atoms with Crippen LogP contribution >= 0.6 is 23.8 Å². The summed E-state index contributed by atoms with van der Waals surface area (Å²) in [4.78, 5) is 15.6. The number of halogens is 1. The average molecular weight is 447 g/mol. The van der Waals surface area contributed by atoms with Crippen molar-refractivity contribution >= 4 is 23.8 Å². The molecule has 156 valence electrons. The first-order chi connectivity index (χ1) is 14.4. The second kappa shape index (κ2) is 8.14. The minimum absolute atomic E-state index is 0.0897. The van der Waals surface area contributed by atoms with Crippen molar-refractivity contribution in [1.82, 2.24) is 9.55 Å². The lowest BCUT2D eigenvalue weighted by molar-refractivity contribution is -0.690. The second-order valence-electron chi connectivity index (χ2n) is 6.97. The first-order valence-electron chi connectivity index (χ1n) is 9.36. The number of H-pyrrole nitrogens is 1. The molecule has 4 rings (SSSR count). The number of quaternary nitrogens is 1. The fourth-order valence-corrected chi connectivity index (χ4v) is 4.39. The zero-order valence-electron chi connectivity index (χ0n) is 16.4. The largest absolute Gasteiger partial charge is 0.494 e. The molecule has 30 heavy (non-hydrogen) atoms. The maximum atomic E-state index is 12.9. The van der Waals surface area contributed by atoms with Gasteiger partial charge >= 0.3 is 0 Å². The summed E-state index contributed by atoms with van der Waals surface area (Å²) in [6.45, 7) is 0.749. The number of rotatable bonds is 4. The van der Waals surface area contributed by atoms with Crippen LogP contribution in [-0.2, 0) is 6.42 Å². The highest BCUT2D eigenvalue weighted by Gasteiger charge is 2.33. The number of nitrogens with one attached hydrogen (secondary N) is 1. The molecule has 0 radical (unpaired) electrons. The number of benzene rings is 2. The number of fused-ring (bicyclic) bond motifs is 1. The Morgan fingerprint density at radius 3 is 2.67 bits per heavy atom. The Kier molecular flexibility index (Phi) is 5.55. The molecule has 1 aromatic heterocycles. The normalized spacial score (nSPS) is 15.5. The molecule has 0 unspecified atom stereocenters. The lowest BCUT2D eigenvalue weighted by Gasteiger charge is -2.26. The van der Waals surface area contributed by atoms with Crippen molar-refractivity contribution < 1.29 is 19.9 Å². The van der Waals surface area contributed by atoms with Crippen LogP contribution in [0.15, 0.2) is 41.2 Å². The van der Waals surface area contributed by atoms with Gasteiger partial charge in [0.25, 0.3) is 5.56 Å². The Bertz CT molecular complexity index is 1240. The number of nitrogens with two attached hydrogens (primary N) is 1. The number of aromatic amines is 1. The fraction of sp³-hybridized carbons (Fsp3) is 0.238. The monoisotopic (exact) mass is 446 g/mol. The van der Waals surface area contributed by atoms with Gasteiger partial charge in [-0.2, -0.15) is 0 Å². The molecule has 2 heterocycles. The van der Waals surface area contributed by atoms with Gasteiger partial charge in [-0.15, -0.1) is 0 Å². The topological polar surface area (TPSA) is 93.1 Å². The molecule has 1 atom stereocenters. The highest BCUT2D eigenvalue weighted by atomic mass is 35.5. The van der Waals surface area contributed by atoms with E-state index in [1.165, 1.54) is 4.57 Å².